The Kier molecular flexibility index (Phi) is 6.09. The van der Waals surface area contributed by atoms with E-state index in [0.29, 0.717) is 18.3 Å². The Morgan fingerprint density at radius 3 is 2.52 bits per heavy atom. The summed E-state index contributed by atoms with van der Waals surface area (Å²) in [5.41, 5.74) is 3.44. The second kappa shape index (κ2) is 8.69. The highest BCUT2D eigenvalue weighted by atomic mass is 32.2. The average Bonchev–Trinajstić information content (AvgIpc) is 3.01. The van der Waals surface area contributed by atoms with E-state index in [1.54, 1.807) is 23.4 Å². The molecule has 25 heavy (non-hydrogen) atoms. The maximum Gasteiger partial charge on any atom is 0.343 e. The van der Waals surface area contributed by atoms with Crippen molar-refractivity contribution in [3.05, 3.63) is 70.6 Å². The first kappa shape index (κ1) is 17.5. The van der Waals surface area contributed by atoms with Crippen molar-refractivity contribution in [2.24, 2.45) is 0 Å². The minimum Gasteiger partial charge on any atom is -0.385 e. The monoisotopic (exact) mass is 355 g/mol. The zero-order valence-electron chi connectivity index (χ0n) is 14.1. The van der Waals surface area contributed by atoms with Gasteiger partial charge in [-0.05, 0) is 23.1 Å². The first-order chi connectivity index (χ1) is 12.3. The number of H-pyrrole nitrogens is 1. The summed E-state index contributed by atoms with van der Waals surface area (Å²) in [6.45, 7) is 1.24. The Bertz CT molecular complexity index is 841. The summed E-state index contributed by atoms with van der Waals surface area (Å²) >= 11 is 1.56. The zero-order valence-corrected chi connectivity index (χ0v) is 15.0. The minimum absolute atomic E-state index is 0.168. The molecule has 3 rings (SSSR count). The van der Waals surface area contributed by atoms with Gasteiger partial charge in [0, 0.05) is 26.0 Å². The molecule has 0 fully saturated rings. The maximum atomic E-state index is 11.8. The van der Waals surface area contributed by atoms with E-state index in [-0.39, 0.29) is 5.69 Å². The van der Waals surface area contributed by atoms with Gasteiger partial charge in [0.1, 0.15) is 0 Å². The third-order valence-corrected chi connectivity index (χ3v) is 4.93. The van der Waals surface area contributed by atoms with E-state index in [4.69, 9.17) is 4.74 Å². The van der Waals surface area contributed by atoms with E-state index in [1.165, 1.54) is 16.7 Å². The Morgan fingerprint density at radius 1 is 1.08 bits per heavy atom. The van der Waals surface area contributed by atoms with Crippen LogP contribution in [-0.2, 0) is 17.0 Å². The van der Waals surface area contributed by atoms with Crippen LogP contribution in [0.15, 0.2) is 64.5 Å². The minimum atomic E-state index is -0.168. The molecule has 0 amide bonds. The molecule has 0 aliphatic carbocycles. The molecule has 0 spiro atoms. The molecule has 0 radical (unpaired) electrons. The molecule has 1 N–H and O–H groups in total. The Labute approximate surface area is 151 Å². The maximum absolute atomic E-state index is 11.8. The van der Waals surface area contributed by atoms with E-state index < -0.39 is 0 Å². The average molecular weight is 355 g/mol. The van der Waals surface area contributed by atoms with Crippen molar-refractivity contribution in [3.63, 3.8) is 0 Å². The van der Waals surface area contributed by atoms with Crippen LogP contribution in [0.3, 0.4) is 0 Å². The number of nitrogens with one attached hydrogen (secondary N) is 1. The van der Waals surface area contributed by atoms with Crippen molar-refractivity contribution in [3.8, 4) is 11.1 Å². The number of nitrogens with zero attached hydrogens (tertiary/aromatic N) is 2. The number of aromatic amines is 1. The molecule has 0 aliphatic heterocycles. The van der Waals surface area contributed by atoms with E-state index in [0.717, 1.165) is 12.2 Å². The van der Waals surface area contributed by atoms with Crippen LogP contribution in [0, 0.1) is 0 Å². The van der Waals surface area contributed by atoms with Gasteiger partial charge in [0.25, 0.3) is 0 Å². The first-order valence-corrected chi connectivity index (χ1v) is 9.18. The predicted octanol–water partition coefficient (Wildman–Crippen LogP) is 3.57. The lowest BCUT2D eigenvalue weighted by molar-refractivity contribution is 0.189. The third kappa shape index (κ3) is 4.61. The SMILES string of the molecule is COCCCn1c(SCc2ccc(-c3ccccc3)cc2)n[nH]c1=O. The molecule has 0 atom stereocenters. The van der Waals surface area contributed by atoms with Crippen LogP contribution < -0.4 is 5.69 Å². The fraction of sp³-hybridized carbons (Fsp3) is 0.263. The van der Waals surface area contributed by atoms with Gasteiger partial charge in [-0.1, -0.05) is 66.4 Å². The molecule has 0 saturated carbocycles. The van der Waals surface area contributed by atoms with Gasteiger partial charge in [-0.2, -0.15) is 0 Å². The van der Waals surface area contributed by atoms with Crippen LogP contribution in [0.25, 0.3) is 11.1 Å². The van der Waals surface area contributed by atoms with E-state index in [9.17, 15) is 4.79 Å². The molecule has 0 unspecified atom stereocenters. The van der Waals surface area contributed by atoms with Gasteiger partial charge >= 0.3 is 5.69 Å². The molecule has 5 nitrogen and oxygen atoms in total. The number of thioether (sulfide) groups is 1. The van der Waals surface area contributed by atoms with Crippen molar-refractivity contribution in [2.45, 2.75) is 23.9 Å². The lowest BCUT2D eigenvalue weighted by Crippen LogP contribution is -2.18. The van der Waals surface area contributed by atoms with E-state index in [1.807, 2.05) is 18.2 Å². The van der Waals surface area contributed by atoms with Gasteiger partial charge in [-0.15, -0.1) is 5.10 Å². The molecule has 0 aliphatic rings. The summed E-state index contributed by atoms with van der Waals surface area (Å²) in [5.74, 6) is 0.768. The molecule has 130 valence electrons. The molecule has 2 aromatic carbocycles. The zero-order chi connectivity index (χ0) is 17.5. The van der Waals surface area contributed by atoms with Crippen molar-refractivity contribution in [1.82, 2.24) is 14.8 Å². The molecule has 6 heteroatoms. The van der Waals surface area contributed by atoms with Crippen LogP contribution in [-0.4, -0.2) is 28.5 Å². The lowest BCUT2D eigenvalue weighted by atomic mass is 10.0. The van der Waals surface area contributed by atoms with Crippen molar-refractivity contribution < 1.29 is 4.74 Å². The Hall–Kier alpha value is -2.31. The van der Waals surface area contributed by atoms with Gasteiger partial charge < -0.3 is 4.74 Å². The molecular weight excluding hydrogens is 334 g/mol. The number of aromatic nitrogens is 3. The third-order valence-electron chi connectivity index (χ3n) is 3.88. The summed E-state index contributed by atoms with van der Waals surface area (Å²) in [6.07, 6.45) is 0.787. The van der Waals surface area contributed by atoms with Crippen LogP contribution >= 0.6 is 11.8 Å². The van der Waals surface area contributed by atoms with Crippen LogP contribution in [0.1, 0.15) is 12.0 Å². The summed E-state index contributed by atoms with van der Waals surface area (Å²) in [6, 6.07) is 18.8. The summed E-state index contributed by atoms with van der Waals surface area (Å²) in [4.78, 5) is 11.8. The molecule has 1 heterocycles. The Morgan fingerprint density at radius 2 is 1.80 bits per heavy atom. The number of ether oxygens (including phenoxy) is 1. The number of benzene rings is 2. The van der Waals surface area contributed by atoms with Crippen LogP contribution in [0.2, 0.25) is 0 Å². The molecule has 0 saturated heterocycles. The van der Waals surface area contributed by atoms with Gasteiger partial charge in [-0.3, -0.25) is 4.57 Å². The summed E-state index contributed by atoms with van der Waals surface area (Å²) in [7, 11) is 1.66. The quantitative estimate of drug-likeness (QED) is 0.496. The molecular formula is C19H21N3O2S. The first-order valence-electron chi connectivity index (χ1n) is 8.19. The number of hydrogen-bond donors (Lipinski definition) is 1. The second-order valence-electron chi connectivity index (χ2n) is 5.66. The molecule has 0 bridgehead atoms. The van der Waals surface area contributed by atoms with Crippen LogP contribution in [0.4, 0.5) is 0 Å². The summed E-state index contributed by atoms with van der Waals surface area (Å²) < 4.78 is 6.71. The highest BCUT2D eigenvalue weighted by Gasteiger charge is 2.09. The Balaban J connectivity index is 1.63. The fourth-order valence-corrected chi connectivity index (χ4v) is 3.48. The number of rotatable bonds is 8. The van der Waals surface area contributed by atoms with Crippen molar-refractivity contribution in [2.75, 3.05) is 13.7 Å². The van der Waals surface area contributed by atoms with Gasteiger partial charge in [0.15, 0.2) is 5.16 Å². The highest BCUT2D eigenvalue weighted by molar-refractivity contribution is 7.98. The molecule has 1 aromatic heterocycles. The predicted molar refractivity (Wildman–Crippen MR) is 101 cm³/mol. The number of methoxy groups -OCH3 is 1. The van der Waals surface area contributed by atoms with Gasteiger partial charge in [0.05, 0.1) is 0 Å². The van der Waals surface area contributed by atoms with Crippen molar-refractivity contribution >= 4 is 11.8 Å². The fourth-order valence-electron chi connectivity index (χ4n) is 2.55. The number of hydrogen-bond acceptors (Lipinski definition) is 4. The van der Waals surface area contributed by atoms with Crippen molar-refractivity contribution in [1.29, 1.82) is 0 Å². The smallest absolute Gasteiger partial charge is 0.343 e. The topological polar surface area (TPSA) is 59.9 Å². The summed E-state index contributed by atoms with van der Waals surface area (Å²) in [5, 5.41) is 7.37. The van der Waals surface area contributed by atoms with Gasteiger partial charge in [-0.25, -0.2) is 9.89 Å². The standard InChI is InChI=1S/C19H21N3O2S/c1-24-13-5-12-22-18(23)20-21-19(22)25-14-15-8-10-17(11-9-15)16-6-3-2-4-7-16/h2-4,6-11H,5,12-14H2,1H3,(H,20,23). The lowest BCUT2D eigenvalue weighted by Gasteiger charge is -2.06. The highest BCUT2D eigenvalue weighted by Crippen LogP contribution is 2.23. The largest absolute Gasteiger partial charge is 0.385 e. The molecule has 3 aromatic rings. The van der Waals surface area contributed by atoms with Crippen LogP contribution in [0.5, 0.6) is 0 Å². The van der Waals surface area contributed by atoms with E-state index >= 15 is 0 Å². The normalized spacial score (nSPS) is 10.9. The van der Waals surface area contributed by atoms with E-state index in [2.05, 4.69) is 46.6 Å². The van der Waals surface area contributed by atoms with Gasteiger partial charge in [0.2, 0.25) is 0 Å². The second-order valence-corrected chi connectivity index (χ2v) is 6.60.